The summed E-state index contributed by atoms with van der Waals surface area (Å²) in [5, 5.41) is 2.69. The van der Waals surface area contributed by atoms with E-state index in [1.165, 1.54) is 23.3 Å². The summed E-state index contributed by atoms with van der Waals surface area (Å²) in [7, 11) is 0. The number of hydrogen-bond acceptors (Lipinski definition) is 2. The fourth-order valence-electron chi connectivity index (χ4n) is 3.00. The zero-order valence-electron chi connectivity index (χ0n) is 13.8. The van der Waals surface area contributed by atoms with Crippen molar-refractivity contribution >= 4 is 11.6 Å². The van der Waals surface area contributed by atoms with Crippen molar-refractivity contribution in [3.8, 4) is 0 Å². The van der Waals surface area contributed by atoms with Gasteiger partial charge in [-0.05, 0) is 48.7 Å². The van der Waals surface area contributed by atoms with Crippen molar-refractivity contribution in [2.75, 3.05) is 11.9 Å². The predicted octanol–water partition coefficient (Wildman–Crippen LogP) is 4.09. The Hall–Kier alpha value is -2.34. The van der Waals surface area contributed by atoms with Gasteiger partial charge in [0.15, 0.2) is 0 Å². The number of anilines is 1. The van der Waals surface area contributed by atoms with E-state index in [2.05, 4.69) is 22.3 Å². The van der Waals surface area contributed by atoms with E-state index in [1.54, 1.807) is 0 Å². The highest BCUT2D eigenvalue weighted by molar-refractivity contribution is 5.94. The number of benzene rings is 2. The molecule has 1 atom stereocenters. The van der Waals surface area contributed by atoms with Crippen LogP contribution in [0.4, 0.5) is 18.9 Å². The number of carbonyl (C=O) groups is 1. The van der Waals surface area contributed by atoms with Crippen molar-refractivity contribution in [1.82, 2.24) is 4.90 Å². The molecule has 2 aromatic rings. The van der Waals surface area contributed by atoms with Crippen molar-refractivity contribution in [3.05, 3.63) is 65.2 Å². The van der Waals surface area contributed by atoms with Gasteiger partial charge in [-0.3, -0.25) is 9.69 Å². The normalized spacial score (nSPS) is 16.2. The highest BCUT2D eigenvalue weighted by Crippen LogP contribution is 2.30. The first kappa shape index (κ1) is 17.5. The molecule has 0 saturated heterocycles. The van der Waals surface area contributed by atoms with Crippen LogP contribution in [-0.4, -0.2) is 23.4 Å². The van der Waals surface area contributed by atoms with E-state index in [0.29, 0.717) is 12.2 Å². The standard InChI is InChI=1S/C19H19F3N2O/c1-13(24-11-10-14-4-2-3-5-15(14)12-24)18(25)23-17-8-6-16(7-9-17)19(20,21)22/h2-9,13H,10-12H2,1H3,(H,23,25). The van der Waals surface area contributed by atoms with Crippen LogP contribution in [0.3, 0.4) is 0 Å². The van der Waals surface area contributed by atoms with Crippen molar-refractivity contribution in [2.45, 2.75) is 32.1 Å². The van der Waals surface area contributed by atoms with Crippen LogP contribution in [0.5, 0.6) is 0 Å². The third-order valence-corrected chi connectivity index (χ3v) is 4.57. The van der Waals surface area contributed by atoms with Crippen LogP contribution in [0, 0.1) is 0 Å². The lowest BCUT2D eigenvalue weighted by Gasteiger charge is -2.32. The van der Waals surface area contributed by atoms with Crippen molar-refractivity contribution in [3.63, 3.8) is 0 Å². The summed E-state index contributed by atoms with van der Waals surface area (Å²) >= 11 is 0. The van der Waals surface area contributed by atoms with E-state index in [4.69, 9.17) is 0 Å². The number of alkyl halides is 3. The average Bonchev–Trinajstić information content (AvgIpc) is 2.60. The maximum atomic E-state index is 12.6. The first-order chi connectivity index (χ1) is 11.8. The molecular weight excluding hydrogens is 329 g/mol. The number of nitrogens with one attached hydrogen (secondary N) is 1. The van der Waals surface area contributed by atoms with Crippen molar-refractivity contribution in [2.24, 2.45) is 0 Å². The third-order valence-electron chi connectivity index (χ3n) is 4.57. The van der Waals surface area contributed by atoms with E-state index < -0.39 is 11.7 Å². The number of carbonyl (C=O) groups excluding carboxylic acids is 1. The quantitative estimate of drug-likeness (QED) is 0.906. The maximum absolute atomic E-state index is 12.6. The maximum Gasteiger partial charge on any atom is 0.416 e. The minimum Gasteiger partial charge on any atom is -0.325 e. The molecule has 0 aromatic heterocycles. The zero-order valence-corrected chi connectivity index (χ0v) is 13.8. The molecule has 1 unspecified atom stereocenters. The topological polar surface area (TPSA) is 32.3 Å². The Kier molecular flexibility index (Phi) is 4.81. The summed E-state index contributed by atoms with van der Waals surface area (Å²) in [5.74, 6) is -0.223. The average molecular weight is 348 g/mol. The fourth-order valence-corrected chi connectivity index (χ4v) is 3.00. The molecule has 3 rings (SSSR count). The summed E-state index contributed by atoms with van der Waals surface area (Å²) in [6, 6.07) is 12.3. The number of rotatable bonds is 3. The second kappa shape index (κ2) is 6.88. The van der Waals surface area contributed by atoms with Crippen molar-refractivity contribution < 1.29 is 18.0 Å². The SMILES string of the molecule is CC(C(=O)Nc1ccc(C(F)(F)F)cc1)N1CCc2ccccc2C1. The summed E-state index contributed by atoms with van der Waals surface area (Å²) in [6.07, 6.45) is -3.49. The number of nitrogens with zero attached hydrogens (tertiary/aromatic N) is 1. The molecule has 0 bridgehead atoms. The molecule has 6 heteroatoms. The number of halogens is 3. The Morgan fingerprint density at radius 1 is 1.08 bits per heavy atom. The van der Waals surface area contributed by atoms with Gasteiger partial charge in [0.05, 0.1) is 11.6 Å². The molecule has 0 radical (unpaired) electrons. The van der Waals surface area contributed by atoms with E-state index in [1.807, 2.05) is 19.1 Å². The van der Waals surface area contributed by atoms with E-state index in [9.17, 15) is 18.0 Å². The molecule has 1 aliphatic heterocycles. The first-order valence-corrected chi connectivity index (χ1v) is 8.13. The number of amides is 1. The molecule has 3 nitrogen and oxygen atoms in total. The highest BCUT2D eigenvalue weighted by Gasteiger charge is 2.30. The second-order valence-corrected chi connectivity index (χ2v) is 6.23. The molecule has 1 aliphatic rings. The number of hydrogen-bond donors (Lipinski definition) is 1. The molecular formula is C19H19F3N2O. The van der Waals surface area contributed by atoms with Gasteiger partial charge < -0.3 is 5.32 Å². The van der Waals surface area contributed by atoms with Gasteiger partial charge in [-0.15, -0.1) is 0 Å². The van der Waals surface area contributed by atoms with E-state index in [0.717, 1.165) is 25.1 Å². The fraction of sp³-hybridized carbons (Fsp3) is 0.316. The van der Waals surface area contributed by atoms with Crippen LogP contribution < -0.4 is 5.32 Å². The molecule has 0 saturated carbocycles. The lowest BCUT2D eigenvalue weighted by molar-refractivity contribution is -0.137. The smallest absolute Gasteiger partial charge is 0.325 e. The Morgan fingerprint density at radius 2 is 1.72 bits per heavy atom. The molecule has 2 aromatic carbocycles. The van der Waals surface area contributed by atoms with Gasteiger partial charge in [-0.1, -0.05) is 24.3 Å². The molecule has 1 N–H and O–H groups in total. The second-order valence-electron chi connectivity index (χ2n) is 6.23. The van der Waals surface area contributed by atoms with Crippen LogP contribution in [0.25, 0.3) is 0 Å². The largest absolute Gasteiger partial charge is 0.416 e. The number of fused-ring (bicyclic) bond motifs is 1. The lowest BCUT2D eigenvalue weighted by Crippen LogP contribution is -2.44. The molecule has 1 heterocycles. The predicted molar refractivity (Wildman–Crippen MR) is 90.1 cm³/mol. The third kappa shape index (κ3) is 4.02. The van der Waals surface area contributed by atoms with E-state index in [-0.39, 0.29) is 11.9 Å². The van der Waals surface area contributed by atoms with Gasteiger partial charge >= 0.3 is 6.18 Å². The molecule has 25 heavy (non-hydrogen) atoms. The van der Waals surface area contributed by atoms with E-state index >= 15 is 0 Å². The molecule has 0 fully saturated rings. The van der Waals surface area contributed by atoms with Crippen LogP contribution in [0.2, 0.25) is 0 Å². The van der Waals surface area contributed by atoms with Crippen molar-refractivity contribution in [1.29, 1.82) is 0 Å². The van der Waals surface area contributed by atoms with Crippen LogP contribution in [0.15, 0.2) is 48.5 Å². The summed E-state index contributed by atoms with van der Waals surface area (Å²) in [5.41, 5.74) is 2.14. The lowest BCUT2D eigenvalue weighted by atomic mass is 9.99. The van der Waals surface area contributed by atoms with Gasteiger partial charge in [-0.2, -0.15) is 13.2 Å². The van der Waals surface area contributed by atoms with Crippen LogP contribution >= 0.6 is 0 Å². The first-order valence-electron chi connectivity index (χ1n) is 8.13. The molecule has 0 aliphatic carbocycles. The van der Waals surface area contributed by atoms with Crippen LogP contribution in [0.1, 0.15) is 23.6 Å². The van der Waals surface area contributed by atoms with Crippen LogP contribution in [-0.2, 0) is 23.9 Å². The van der Waals surface area contributed by atoms with Gasteiger partial charge in [0.1, 0.15) is 0 Å². The Balaban J connectivity index is 1.63. The molecule has 132 valence electrons. The summed E-state index contributed by atoms with van der Waals surface area (Å²) in [6.45, 7) is 3.28. The monoisotopic (exact) mass is 348 g/mol. The minimum absolute atomic E-state index is 0.223. The minimum atomic E-state index is -4.38. The van der Waals surface area contributed by atoms with Gasteiger partial charge in [-0.25, -0.2) is 0 Å². The Morgan fingerprint density at radius 3 is 2.36 bits per heavy atom. The highest BCUT2D eigenvalue weighted by atomic mass is 19.4. The Bertz CT molecular complexity index is 756. The Labute approximate surface area is 144 Å². The van der Waals surface area contributed by atoms with Gasteiger partial charge in [0.25, 0.3) is 0 Å². The van der Waals surface area contributed by atoms with Gasteiger partial charge in [0.2, 0.25) is 5.91 Å². The molecule has 0 spiro atoms. The summed E-state index contributed by atoms with van der Waals surface area (Å²) < 4.78 is 37.7. The van der Waals surface area contributed by atoms with Gasteiger partial charge in [0, 0.05) is 18.8 Å². The zero-order chi connectivity index (χ0) is 18.0. The molecule has 1 amide bonds. The summed E-state index contributed by atoms with van der Waals surface area (Å²) in [4.78, 5) is 14.5.